The molecule has 5 rings (SSSR count). The number of rotatable bonds is 3. The van der Waals surface area contributed by atoms with Crippen molar-refractivity contribution in [2.75, 3.05) is 33.1 Å². The molecule has 0 N–H and O–H groups in total. The first kappa shape index (κ1) is 18.2. The van der Waals surface area contributed by atoms with E-state index in [0.717, 1.165) is 5.69 Å². The van der Waals surface area contributed by atoms with E-state index in [0.29, 0.717) is 49.1 Å². The number of hydrogen-bond acceptors (Lipinski definition) is 7. The van der Waals surface area contributed by atoms with Crippen LogP contribution in [0.25, 0.3) is 0 Å². The molecule has 0 unspecified atom stereocenters. The number of aromatic nitrogens is 1. The summed E-state index contributed by atoms with van der Waals surface area (Å²) in [6, 6.07) is 9.03. The first-order valence-corrected chi connectivity index (χ1v) is 9.67. The minimum Gasteiger partial charge on any atom is -0.484 e. The van der Waals surface area contributed by atoms with Crippen LogP contribution in [-0.2, 0) is 9.47 Å². The molecule has 0 saturated carbocycles. The molecule has 3 aliphatic heterocycles. The molecule has 2 saturated heterocycles. The number of ether oxygens (including phenoxy) is 5. The van der Waals surface area contributed by atoms with Gasteiger partial charge in [-0.15, -0.1) is 0 Å². The maximum absolute atomic E-state index is 12.9. The van der Waals surface area contributed by atoms with Gasteiger partial charge in [-0.25, -0.2) is 0 Å². The van der Waals surface area contributed by atoms with Crippen LogP contribution in [0.5, 0.6) is 17.2 Å². The molecule has 3 aliphatic rings. The van der Waals surface area contributed by atoms with E-state index in [2.05, 4.69) is 4.98 Å². The number of amides is 1. The van der Waals surface area contributed by atoms with E-state index in [1.165, 1.54) is 0 Å². The van der Waals surface area contributed by atoms with Crippen LogP contribution < -0.4 is 14.2 Å². The van der Waals surface area contributed by atoms with Gasteiger partial charge < -0.3 is 28.6 Å². The summed E-state index contributed by atoms with van der Waals surface area (Å²) in [6.07, 6.45) is 1.16. The van der Waals surface area contributed by atoms with Crippen LogP contribution in [0.15, 0.2) is 36.5 Å². The molecular formula is C21H22N2O6. The van der Waals surface area contributed by atoms with Crippen LogP contribution in [0.2, 0.25) is 0 Å². The second-order valence-corrected chi connectivity index (χ2v) is 7.40. The molecule has 2 aromatic rings. The smallest absolute Gasteiger partial charge is 0.254 e. The molecule has 0 spiro atoms. The number of carbonyl (C=O) groups is 1. The topological polar surface area (TPSA) is 79.4 Å². The minimum absolute atomic E-state index is 0.0675. The fourth-order valence-electron chi connectivity index (χ4n) is 3.74. The second kappa shape index (κ2) is 7.53. The highest BCUT2D eigenvalue weighted by Gasteiger charge is 2.40. The highest BCUT2D eigenvalue weighted by atomic mass is 16.7. The van der Waals surface area contributed by atoms with Crippen molar-refractivity contribution in [3.63, 3.8) is 0 Å². The Labute approximate surface area is 168 Å². The predicted molar refractivity (Wildman–Crippen MR) is 101 cm³/mol. The molecule has 2 fully saturated rings. The van der Waals surface area contributed by atoms with Crippen molar-refractivity contribution in [3.05, 3.63) is 47.8 Å². The van der Waals surface area contributed by atoms with E-state index < -0.39 is 0 Å². The molecule has 29 heavy (non-hydrogen) atoms. The van der Waals surface area contributed by atoms with Gasteiger partial charge in [0.25, 0.3) is 5.91 Å². The van der Waals surface area contributed by atoms with Crippen LogP contribution in [0.3, 0.4) is 0 Å². The number of pyridine rings is 1. The maximum atomic E-state index is 12.9. The number of carbonyl (C=O) groups excluding carboxylic acids is 1. The molecule has 0 bridgehead atoms. The van der Waals surface area contributed by atoms with E-state index in [-0.39, 0.29) is 31.0 Å². The largest absolute Gasteiger partial charge is 0.484 e. The normalized spacial score (nSPS) is 23.6. The second-order valence-electron chi connectivity index (χ2n) is 7.40. The summed E-state index contributed by atoms with van der Waals surface area (Å²) in [4.78, 5) is 18.9. The van der Waals surface area contributed by atoms with Crippen molar-refractivity contribution < 1.29 is 28.5 Å². The molecule has 1 aromatic carbocycles. The Morgan fingerprint density at radius 1 is 1.07 bits per heavy atom. The van der Waals surface area contributed by atoms with Gasteiger partial charge >= 0.3 is 0 Å². The zero-order valence-electron chi connectivity index (χ0n) is 16.1. The van der Waals surface area contributed by atoms with E-state index >= 15 is 0 Å². The average Bonchev–Trinajstić information content (AvgIpc) is 3.33. The Morgan fingerprint density at radius 3 is 2.55 bits per heavy atom. The van der Waals surface area contributed by atoms with Crippen LogP contribution >= 0.6 is 0 Å². The van der Waals surface area contributed by atoms with Gasteiger partial charge in [-0.2, -0.15) is 0 Å². The first-order valence-electron chi connectivity index (χ1n) is 9.67. The van der Waals surface area contributed by atoms with Gasteiger partial charge in [0.15, 0.2) is 11.5 Å². The molecule has 2 atom stereocenters. The summed E-state index contributed by atoms with van der Waals surface area (Å²) >= 11 is 0. The lowest BCUT2D eigenvalue weighted by Crippen LogP contribution is -2.32. The Bertz CT molecular complexity index is 887. The van der Waals surface area contributed by atoms with E-state index in [1.807, 2.05) is 19.1 Å². The fourth-order valence-corrected chi connectivity index (χ4v) is 3.74. The number of hydrogen-bond donors (Lipinski definition) is 0. The number of likely N-dealkylation sites (tertiary alicyclic amines) is 1. The van der Waals surface area contributed by atoms with E-state index in [1.54, 1.807) is 29.3 Å². The van der Waals surface area contributed by atoms with E-state index in [4.69, 9.17) is 23.7 Å². The minimum atomic E-state index is -0.205. The third-order valence-corrected chi connectivity index (χ3v) is 5.30. The van der Waals surface area contributed by atoms with Gasteiger partial charge in [0, 0.05) is 24.3 Å². The molecule has 4 heterocycles. The lowest BCUT2D eigenvalue weighted by molar-refractivity contribution is -0.00461. The highest BCUT2D eigenvalue weighted by molar-refractivity contribution is 5.95. The summed E-state index contributed by atoms with van der Waals surface area (Å²) in [6.45, 7) is 3.89. The molecule has 152 valence electrons. The van der Waals surface area contributed by atoms with Crippen molar-refractivity contribution in [3.8, 4) is 17.2 Å². The van der Waals surface area contributed by atoms with Crippen LogP contribution in [-0.4, -0.2) is 67.2 Å². The summed E-state index contributed by atoms with van der Waals surface area (Å²) in [5.41, 5.74) is 1.51. The zero-order valence-corrected chi connectivity index (χ0v) is 16.1. The van der Waals surface area contributed by atoms with Gasteiger partial charge in [0.2, 0.25) is 6.79 Å². The van der Waals surface area contributed by atoms with Crippen LogP contribution in [0.4, 0.5) is 0 Å². The first-order chi connectivity index (χ1) is 14.2. The fraction of sp³-hybridized carbons (Fsp3) is 0.429. The average molecular weight is 398 g/mol. The number of aryl methyl sites for hydroxylation is 1. The Hall–Kier alpha value is -2.84. The number of fused-ring (bicyclic) bond motifs is 2. The van der Waals surface area contributed by atoms with Gasteiger partial charge in [-0.1, -0.05) is 0 Å². The highest BCUT2D eigenvalue weighted by Crippen LogP contribution is 2.33. The van der Waals surface area contributed by atoms with Gasteiger partial charge in [0.05, 0.1) is 19.4 Å². The van der Waals surface area contributed by atoms with E-state index in [9.17, 15) is 4.79 Å². The summed E-state index contributed by atoms with van der Waals surface area (Å²) in [5.74, 6) is 1.89. The predicted octanol–water partition coefficient (Wildman–Crippen LogP) is 1.81. The number of benzene rings is 1. The van der Waals surface area contributed by atoms with Gasteiger partial charge in [0.1, 0.15) is 24.1 Å². The maximum Gasteiger partial charge on any atom is 0.254 e. The number of nitrogens with zero attached hydrogens (tertiary/aromatic N) is 2. The molecule has 1 amide bonds. The molecule has 1 aromatic heterocycles. The molecule has 8 nitrogen and oxygen atoms in total. The van der Waals surface area contributed by atoms with Crippen molar-refractivity contribution >= 4 is 5.91 Å². The quantitative estimate of drug-likeness (QED) is 0.780. The van der Waals surface area contributed by atoms with Crippen molar-refractivity contribution in [1.29, 1.82) is 0 Å². The molecule has 0 aliphatic carbocycles. The molecular weight excluding hydrogens is 376 g/mol. The lowest BCUT2D eigenvalue weighted by atomic mass is 10.2. The standard InChI is InChI=1S/C21H22N2O6/c1-13-2-4-15(7-22-13)29-16-10-25-19-8-23(9-20(19)26-11-16)21(24)14-3-5-17-18(6-14)28-12-27-17/h2-7,16,19-20H,8-12H2,1H3/t19-,20-/m0/s1. The monoisotopic (exact) mass is 398 g/mol. The Morgan fingerprint density at radius 2 is 1.83 bits per heavy atom. The van der Waals surface area contributed by atoms with Gasteiger partial charge in [-0.05, 0) is 37.3 Å². The summed E-state index contributed by atoms with van der Waals surface area (Å²) < 4.78 is 28.6. The molecule has 8 heteroatoms. The third-order valence-electron chi connectivity index (χ3n) is 5.30. The Balaban J connectivity index is 1.19. The SMILES string of the molecule is Cc1ccc(OC2CO[C@H]3CN(C(=O)c4ccc5c(c4)OCO5)C[C@@H]3OC2)cn1. The third kappa shape index (κ3) is 3.73. The van der Waals surface area contributed by atoms with Gasteiger partial charge in [-0.3, -0.25) is 9.78 Å². The van der Waals surface area contributed by atoms with Crippen LogP contribution in [0, 0.1) is 6.92 Å². The molecule has 0 radical (unpaired) electrons. The Kier molecular flexibility index (Phi) is 4.73. The van der Waals surface area contributed by atoms with Crippen molar-refractivity contribution in [2.24, 2.45) is 0 Å². The lowest BCUT2D eigenvalue weighted by Gasteiger charge is -2.19. The summed E-state index contributed by atoms with van der Waals surface area (Å²) in [5, 5.41) is 0. The van der Waals surface area contributed by atoms with Crippen molar-refractivity contribution in [1.82, 2.24) is 9.88 Å². The zero-order chi connectivity index (χ0) is 19.8. The van der Waals surface area contributed by atoms with Crippen molar-refractivity contribution in [2.45, 2.75) is 25.2 Å². The van der Waals surface area contributed by atoms with Crippen LogP contribution in [0.1, 0.15) is 16.1 Å². The summed E-state index contributed by atoms with van der Waals surface area (Å²) in [7, 11) is 0.